The van der Waals surface area contributed by atoms with E-state index in [1.807, 2.05) is 13.0 Å². The summed E-state index contributed by atoms with van der Waals surface area (Å²) < 4.78 is 11.7. The standard InChI is InChI=1S/C21H18BrClN2O5/c1-4-30-19-16(22)8-12(9-18(19)29-3)7-14-11(2)24-25(20(14)26)13-5-6-17(23)15(10-13)21(27)28/h5-10H,4H2,1-3H3,(H,27,28)/b14-7+. The lowest BCUT2D eigenvalue weighted by Gasteiger charge is -2.13. The Hall–Kier alpha value is -2.84. The average molecular weight is 494 g/mol. The minimum absolute atomic E-state index is 0.0840. The average Bonchev–Trinajstić information content (AvgIpc) is 2.98. The maximum absolute atomic E-state index is 13.0. The molecule has 2 aromatic rings. The molecule has 0 spiro atoms. The fourth-order valence-electron chi connectivity index (χ4n) is 2.94. The zero-order chi connectivity index (χ0) is 22.0. The van der Waals surface area contributed by atoms with Gasteiger partial charge in [0.2, 0.25) is 0 Å². The summed E-state index contributed by atoms with van der Waals surface area (Å²) >= 11 is 9.39. The Bertz CT molecular complexity index is 1100. The lowest BCUT2D eigenvalue weighted by Crippen LogP contribution is -2.21. The molecule has 0 aliphatic carbocycles. The van der Waals surface area contributed by atoms with Crippen LogP contribution >= 0.6 is 27.5 Å². The third kappa shape index (κ3) is 4.20. The maximum atomic E-state index is 13.0. The van der Waals surface area contributed by atoms with Crippen molar-refractivity contribution in [2.24, 2.45) is 5.10 Å². The molecule has 7 nitrogen and oxygen atoms in total. The van der Waals surface area contributed by atoms with Gasteiger partial charge >= 0.3 is 5.97 Å². The third-order valence-electron chi connectivity index (χ3n) is 4.34. The molecule has 3 rings (SSSR count). The van der Waals surface area contributed by atoms with Crippen LogP contribution in [-0.2, 0) is 4.79 Å². The molecule has 156 valence electrons. The first kappa shape index (κ1) is 21.9. The highest BCUT2D eigenvalue weighted by atomic mass is 79.9. The van der Waals surface area contributed by atoms with Crippen molar-refractivity contribution < 1.29 is 24.2 Å². The topological polar surface area (TPSA) is 88.4 Å². The van der Waals surface area contributed by atoms with E-state index >= 15 is 0 Å². The molecule has 0 atom stereocenters. The van der Waals surface area contributed by atoms with Gasteiger partial charge in [-0.1, -0.05) is 11.6 Å². The number of nitrogens with zero attached hydrogens (tertiary/aromatic N) is 2. The van der Waals surface area contributed by atoms with Gasteiger partial charge in [0.25, 0.3) is 5.91 Å². The smallest absolute Gasteiger partial charge is 0.337 e. The molecule has 1 N–H and O–H groups in total. The van der Waals surface area contributed by atoms with Crippen LogP contribution in [0.15, 0.2) is 45.5 Å². The van der Waals surface area contributed by atoms with E-state index in [1.165, 1.54) is 19.2 Å². The van der Waals surface area contributed by atoms with Gasteiger partial charge in [-0.15, -0.1) is 0 Å². The van der Waals surface area contributed by atoms with Gasteiger partial charge in [-0.2, -0.15) is 10.1 Å². The number of carboxylic acids is 1. The van der Waals surface area contributed by atoms with Gasteiger partial charge in [0.1, 0.15) is 0 Å². The second-order valence-electron chi connectivity index (χ2n) is 6.30. The monoisotopic (exact) mass is 492 g/mol. The molecule has 1 heterocycles. The molecule has 1 amide bonds. The van der Waals surface area contributed by atoms with Crippen molar-refractivity contribution in [1.82, 2.24) is 0 Å². The molecule has 0 saturated carbocycles. The zero-order valence-electron chi connectivity index (χ0n) is 16.4. The number of anilines is 1. The van der Waals surface area contributed by atoms with Crippen molar-refractivity contribution in [2.45, 2.75) is 13.8 Å². The first-order chi connectivity index (χ1) is 14.3. The Kier molecular flexibility index (Phi) is 6.48. The quantitative estimate of drug-likeness (QED) is 0.571. The molecule has 0 saturated heterocycles. The Morgan fingerprint density at radius 3 is 2.70 bits per heavy atom. The zero-order valence-corrected chi connectivity index (χ0v) is 18.7. The van der Waals surface area contributed by atoms with Crippen molar-refractivity contribution in [3.63, 3.8) is 0 Å². The molecular formula is C21H18BrClN2O5. The minimum atomic E-state index is -1.18. The molecular weight excluding hydrogens is 476 g/mol. The molecule has 1 aliphatic heterocycles. The lowest BCUT2D eigenvalue weighted by atomic mass is 10.1. The maximum Gasteiger partial charge on any atom is 0.337 e. The molecule has 1 aliphatic rings. The number of carbonyl (C=O) groups is 2. The number of methoxy groups -OCH3 is 1. The molecule has 0 bridgehead atoms. The van der Waals surface area contributed by atoms with Crippen molar-refractivity contribution in [1.29, 1.82) is 0 Å². The Balaban J connectivity index is 1.98. The fraction of sp³-hybridized carbons (Fsp3) is 0.190. The number of hydrazone groups is 1. The number of halogens is 2. The molecule has 2 aromatic carbocycles. The molecule has 30 heavy (non-hydrogen) atoms. The molecule has 0 aromatic heterocycles. The second-order valence-corrected chi connectivity index (χ2v) is 7.56. The summed E-state index contributed by atoms with van der Waals surface area (Å²) in [5.74, 6) is -0.459. The van der Waals surface area contributed by atoms with E-state index in [0.29, 0.717) is 45.1 Å². The van der Waals surface area contributed by atoms with Gasteiger partial charge in [-0.05, 0) is 71.7 Å². The number of benzene rings is 2. The van der Waals surface area contributed by atoms with E-state index in [2.05, 4.69) is 21.0 Å². The Labute approximate surface area is 186 Å². The highest BCUT2D eigenvalue weighted by molar-refractivity contribution is 9.10. The van der Waals surface area contributed by atoms with Crippen LogP contribution in [0.2, 0.25) is 5.02 Å². The van der Waals surface area contributed by atoms with E-state index in [1.54, 1.807) is 25.1 Å². The number of aromatic carboxylic acids is 1. The number of carbonyl (C=O) groups excluding carboxylic acids is 1. The number of hydrogen-bond acceptors (Lipinski definition) is 5. The second kappa shape index (κ2) is 8.89. The van der Waals surface area contributed by atoms with Crippen LogP contribution in [-0.4, -0.2) is 36.4 Å². The number of rotatable bonds is 6. The van der Waals surface area contributed by atoms with Gasteiger partial charge < -0.3 is 14.6 Å². The SMILES string of the molecule is CCOc1c(Br)cc(/C=C2/C(=O)N(c3ccc(Cl)c(C(=O)O)c3)N=C2C)cc1OC. The summed E-state index contributed by atoms with van der Waals surface area (Å²) in [7, 11) is 1.54. The van der Waals surface area contributed by atoms with Gasteiger partial charge in [0.05, 0.1) is 45.7 Å². The largest absolute Gasteiger partial charge is 0.493 e. The molecule has 9 heteroatoms. The van der Waals surface area contributed by atoms with Gasteiger partial charge in [-0.25, -0.2) is 4.79 Å². The highest BCUT2D eigenvalue weighted by Crippen LogP contribution is 2.38. The fourth-order valence-corrected chi connectivity index (χ4v) is 3.71. The number of amides is 1. The third-order valence-corrected chi connectivity index (χ3v) is 5.26. The summed E-state index contributed by atoms with van der Waals surface area (Å²) in [5, 5.41) is 14.8. The van der Waals surface area contributed by atoms with E-state index in [-0.39, 0.29) is 16.5 Å². The van der Waals surface area contributed by atoms with Crippen LogP contribution in [0.1, 0.15) is 29.8 Å². The van der Waals surface area contributed by atoms with Crippen LogP contribution in [0.4, 0.5) is 5.69 Å². The van der Waals surface area contributed by atoms with Crippen LogP contribution in [0, 0.1) is 0 Å². The van der Waals surface area contributed by atoms with Crippen LogP contribution in [0.5, 0.6) is 11.5 Å². The van der Waals surface area contributed by atoms with Gasteiger partial charge in [-0.3, -0.25) is 4.79 Å². The molecule has 0 fully saturated rings. The van der Waals surface area contributed by atoms with E-state index in [9.17, 15) is 14.7 Å². The van der Waals surface area contributed by atoms with Crippen LogP contribution < -0.4 is 14.5 Å². The van der Waals surface area contributed by atoms with E-state index in [0.717, 1.165) is 5.01 Å². The molecule has 0 unspecified atom stereocenters. The Morgan fingerprint density at radius 1 is 1.33 bits per heavy atom. The van der Waals surface area contributed by atoms with Crippen molar-refractivity contribution in [3.8, 4) is 11.5 Å². The van der Waals surface area contributed by atoms with Gasteiger partial charge in [0.15, 0.2) is 11.5 Å². The lowest BCUT2D eigenvalue weighted by molar-refractivity contribution is -0.114. The predicted molar refractivity (Wildman–Crippen MR) is 119 cm³/mol. The predicted octanol–water partition coefficient (Wildman–Crippen LogP) is 5.01. The number of hydrogen-bond donors (Lipinski definition) is 1. The number of carboxylic acid groups (broad SMARTS) is 1. The minimum Gasteiger partial charge on any atom is -0.493 e. The van der Waals surface area contributed by atoms with Crippen LogP contribution in [0.25, 0.3) is 6.08 Å². The first-order valence-electron chi connectivity index (χ1n) is 8.91. The highest BCUT2D eigenvalue weighted by Gasteiger charge is 2.29. The summed E-state index contributed by atoms with van der Waals surface area (Å²) in [6.07, 6.45) is 1.69. The summed E-state index contributed by atoms with van der Waals surface area (Å²) in [6.45, 7) is 4.06. The molecule has 0 radical (unpaired) electrons. The normalized spacial score (nSPS) is 14.8. The summed E-state index contributed by atoms with van der Waals surface area (Å²) in [4.78, 5) is 24.3. The summed E-state index contributed by atoms with van der Waals surface area (Å²) in [6, 6.07) is 7.86. The van der Waals surface area contributed by atoms with Crippen molar-refractivity contribution in [3.05, 3.63) is 56.5 Å². The van der Waals surface area contributed by atoms with E-state index < -0.39 is 5.97 Å². The summed E-state index contributed by atoms with van der Waals surface area (Å²) in [5.41, 5.74) is 1.79. The van der Waals surface area contributed by atoms with Crippen molar-refractivity contribution in [2.75, 3.05) is 18.7 Å². The first-order valence-corrected chi connectivity index (χ1v) is 10.1. The number of ether oxygens (including phenoxy) is 2. The van der Waals surface area contributed by atoms with Crippen LogP contribution in [0.3, 0.4) is 0 Å². The van der Waals surface area contributed by atoms with E-state index in [4.69, 9.17) is 21.1 Å². The Morgan fingerprint density at radius 2 is 2.07 bits per heavy atom. The van der Waals surface area contributed by atoms with Crippen molar-refractivity contribution >= 4 is 56.9 Å². The van der Waals surface area contributed by atoms with Gasteiger partial charge in [0, 0.05) is 0 Å².